The molecule has 6 heteroatoms. The minimum absolute atomic E-state index is 0.0340. The van der Waals surface area contributed by atoms with Crippen LogP contribution in [0, 0.1) is 33.1 Å². The van der Waals surface area contributed by atoms with Crippen LogP contribution in [0.2, 0.25) is 0 Å². The van der Waals surface area contributed by atoms with Crippen LogP contribution in [-0.2, 0) is 19.2 Å². The molecule has 0 aliphatic heterocycles. The van der Waals surface area contributed by atoms with Crippen LogP contribution in [0.15, 0.2) is 47.5 Å². The number of benzene rings is 2. The van der Waals surface area contributed by atoms with E-state index in [0.717, 1.165) is 52.6 Å². The van der Waals surface area contributed by atoms with E-state index in [4.69, 9.17) is 5.11 Å². The smallest absolute Gasteiger partial charge is 0.318 e. The highest BCUT2D eigenvalue weighted by molar-refractivity contribution is 6.26. The molecule has 0 saturated carbocycles. The predicted molar refractivity (Wildman–Crippen MR) is 173 cm³/mol. The summed E-state index contributed by atoms with van der Waals surface area (Å²) in [7, 11) is 0. The third kappa shape index (κ3) is 6.95. The number of carbonyl (C=O) groups is 4. The number of aryl methyl sites for hydroxylation is 4. The average molecular weight is 599 g/mol. The summed E-state index contributed by atoms with van der Waals surface area (Å²) in [5, 5.41) is 20.4. The number of allylic oxidation sites excluding steroid dienone is 2. The predicted octanol–water partition coefficient (Wildman–Crippen LogP) is 8.52. The molecule has 0 bridgehead atoms. The van der Waals surface area contributed by atoms with E-state index in [-0.39, 0.29) is 24.4 Å². The van der Waals surface area contributed by atoms with Crippen LogP contribution in [0.5, 0.6) is 0 Å². The quantitative estimate of drug-likeness (QED) is 0.224. The number of hydrogen-bond donors (Lipinski definition) is 2. The molecular weight excluding hydrogens is 552 g/mol. The Balaban J connectivity index is 1.96. The summed E-state index contributed by atoms with van der Waals surface area (Å²) >= 11 is 0. The monoisotopic (exact) mass is 598 g/mol. The van der Waals surface area contributed by atoms with Gasteiger partial charge < -0.3 is 10.2 Å². The molecule has 2 aliphatic carbocycles. The topological polar surface area (TPSA) is 109 Å². The molecule has 0 radical (unpaired) electrons. The zero-order valence-electron chi connectivity index (χ0n) is 26.7. The molecule has 234 valence electrons. The maximum absolute atomic E-state index is 14.0. The van der Waals surface area contributed by atoms with Crippen LogP contribution in [0.3, 0.4) is 0 Å². The van der Waals surface area contributed by atoms with E-state index < -0.39 is 17.4 Å². The van der Waals surface area contributed by atoms with Gasteiger partial charge in [-0.3, -0.25) is 19.2 Å². The molecule has 0 unspecified atom stereocenters. The Morgan fingerprint density at radius 1 is 0.659 bits per heavy atom. The van der Waals surface area contributed by atoms with E-state index >= 15 is 0 Å². The fourth-order valence-corrected chi connectivity index (χ4v) is 7.40. The minimum atomic E-state index is -1.49. The van der Waals surface area contributed by atoms with Gasteiger partial charge in [0.2, 0.25) is 0 Å². The number of Topliss-reactive ketones (excluding diaryl/α,β-unsaturated/α-hetero) is 2. The largest absolute Gasteiger partial charge is 0.481 e. The highest BCUT2D eigenvalue weighted by Gasteiger charge is 2.50. The van der Waals surface area contributed by atoms with Crippen molar-refractivity contribution in [2.24, 2.45) is 5.41 Å². The van der Waals surface area contributed by atoms with Gasteiger partial charge in [-0.1, -0.05) is 73.2 Å². The van der Waals surface area contributed by atoms with Crippen LogP contribution < -0.4 is 0 Å². The zero-order chi connectivity index (χ0) is 32.0. The first kappa shape index (κ1) is 33.1. The summed E-state index contributed by atoms with van der Waals surface area (Å²) in [6, 6.07) is 11.9. The summed E-state index contributed by atoms with van der Waals surface area (Å²) in [6.45, 7) is 7.95. The van der Waals surface area contributed by atoms with Crippen molar-refractivity contribution in [2.75, 3.05) is 0 Å². The van der Waals surface area contributed by atoms with Gasteiger partial charge in [-0.25, -0.2) is 0 Å². The van der Waals surface area contributed by atoms with Crippen LogP contribution in [-0.4, -0.2) is 33.7 Å². The lowest BCUT2D eigenvalue weighted by Crippen LogP contribution is -2.40. The Morgan fingerprint density at radius 3 is 1.55 bits per heavy atom. The van der Waals surface area contributed by atoms with Crippen molar-refractivity contribution in [3.8, 4) is 0 Å². The van der Waals surface area contributed by atoms with Gasteiger partial charge in [-0.15, -0.1) is 0 Å². The van der Waals surface area contributed by atoms with E-state index in [1.54, 1.807) is 0 Å². The molecule has 0 aromatic heterocycles. The van der Waals surface area contributed by atoms with Gasteiger partial charge in [-0.05, 0) is 99.6 Å². The van der Waals surface area contributed by atoms with E-state index in [2.05, 4.69) is 0 Å². The zero-order valence-corrected chi connectivity index (χ0v) is 26.7. The van der Waals surface area contributed by atoms with Crippen molar-refractivity contribution < 1.29 is 29.4 Å². The molecule has 44 heavy (non-hydrogen) atoms. The summed E-state index contributed by atoms with van der Waals surface area (Å²) < 4.78 is 0. The first-order valence-electron chi connectivity index (χ1n) is 16.1. The van der Waals surface area contributed by atoms with E-state index in [9.17, 15) is 24.3 Å². The normalized spacial score (nSPS) is 16.1. The Bertz CT molecular complexity index is 1430. The third-order valence-electron chi connectivity index (χ3n) is 9.46. The van der Waals surface area contributed by atoms with Crippen molar-refractivity contribution in [1.29, 1.82) is 0 Å². The Morgan fingerprint density at radius 2 is 1.11 bits per heavy atom. The van der Waals surface area contributed by atoms with Gasteiger partial charge >= 0.3 is 11.9 Å². The van der Waals surface area contributed by atoms with Gasteiger partial charge in [0.1, 0.15) is 5.41 Å². The number of carboxylic acid groups (broad SMARTS) is 2. The Labute approximate surface area is 261 Å². The van der Waals surface area contributed by atoms with Crippen LogP contribution in [0.1, 0.15) is 117 Å². The summed E-state index contributed by atoms with van der Waals surface area (Å²) in [5.74, 6) is -1.88. The van der Waals surface area contributed by atoms with Crippen molar-refractivity contribution >= 4 is 34.7 Å². The van der Waals surface area contributed by atoms with Gasteiger partial charge in [0.05, 0.1) is 0 Å². The number of carboxylic acids is 2. The molecule has 0 fully saturated rings. The van der Waals surface area contributed by atoms with E-state index in [1.165, 1.54) is 0 Å². The average Bonchev–Trinajstić information content (AvgIpc) is 2.95. The molecule has 2 N–H and O–H groups in total. The molecule has 6 nitrogen and oxygen atoms in total. The lowest BCUT2D eigenvalue weighted by molar-refractivity contribution is -0.145. The minimum Gasteiger partial charge on any atom is -0.481 e. The van der Waals surface area contributed by atoms with Crippen molar-refractivity contribution in [2.45, 2.75) is 111 Å². The molecule has 0 atom stereocenters. The lowest BCUT2D eigenvalue weighted by Gasteiger charge is -2.41. The lowest BCUT2D eigenvalue weighted by atomic mass is 9.60. The molecule has 2 aliphatic rings. The number of hydrogen-bond acceptors (Lipinski definition) is 4. The molecule has 0 amide bonds. The number of carbonyl (C=O) groups excluding carboxylic acids is 2. The van der Waals surface area contributed by atoms with E-state index in [1.807, 2.05) is 64.1 Å². The number of ketones is 2. The van der Waals surface area contributed by atoms with Crippen LogP contribution >= 0.6 is 0 Å². The molecule has 0 spiro atoms. The molecule has 2 aromatic rings. The maximum Gasteiger partial charge on any atom is 0.318 e. The first-order chi connectivity index (χ1) is 21.0. The molecule has 0 heterocycles. The molecular formula is C38H46O6. The van der Waals surface area contributed by atoms with Crippen molar-refractivity contribution in [3.05, 3.63) is 80.9 Å². The van der Waals surface area contributed by atoms with Gasteiger partial charge in [0, 0.05) is 30.4 Å². The fourth-order valence-electron chi connectivity index (χ4n) is 7.40. The van der Waals surface area contributed by atoms with Crippen molar-refractivity contribution in [1.82, 2.24) is 0 Å². The van der Waals surface area contributed by atoms with Gasteiger partial charge in [0.25, 0.3) is 0 Å². The maximum atomic E-state index is 14.0. The van der Waals surface area contributed by atoms with E-state index in [0.29, 0.717) is 73.7 Å². The van der Waals surface area contributed by atoms with Gasteiger partial charge in [-0.2, -0.15) is 0 Å². The second-order valence-electron chi connectivity index (χ2n) is 12.8. The standard InChI is InChI=1S/C38H46O6/c1-24-17-19-28(26(3)22-24)35-30(12-10-14-32(35)39)38(37(43)44,21-9-7-5-6-8-16-34(41)42)31-13-11-15-33(40)36(31)29-20-18-25(2)23-27(29)4/h17-20,22-23H,5-16,21H2,1-4H3,(H,41,42)(H,43,44). The Hall–Kier alpha value is -3.80. The number of unbranched alkanes of at least 4 members (excludes halogenated alkanes) is 4. The van der Waals surface area contributed by atoms with Gasteiger partial charge in [0.15, 0.2) is 11.6 Å². The second kappa shape index (κ2) is 14.3. The summed E-state index contributed by atoms with van der Waals surface area (Å²) in [5.41, 5.74) is 6.41. The first-order valence-corrected chi connectivity index (χ1v) is 16.1. The molecule has 4 rings (SSSR count). The van der Waals surface area contributed by atoms with Crippen LogP contribution in [0.25, 0.3) is 11.1 Å². The number of aliphatic carboxylic acids is 2. The highest BCUT2D eigenvalue weighted by atomic mass is 16.4. The molecule has 0 saturated heterocycles. The Kier molecular flexibility index (Phi) is 10.8. The highest BCUT2D eigenvalue weighted by Crippen LogP contribution is 2.54. The van der Waals surface area contributed by atoms with Crippen molar-refractivity contribution in [3.63, 3.8) is 0 Å². The summed E-state index contributed by atoms with van der Waals surface area (Å²) in [4.78, 5) is 52.5. The molecule has 2 aromatic carbocycles. The SMILES string of the molecule is Cc1ccc(C2=C(C(CCCCCCCC(=O)O)(C(=O)O)C3=C(c4ccc(C)cc4C)C(=O)CCC3)CCCC2=O)c(C)c1. The third-order valence-corrected chi connectivity index (χ3v) is 9.46. The second-order valence-corrected chi connectivity index (χ2v) is 12.8. The fraction of sp³-hybridized carbons (Fsp3) is 0.474. The summed E-state index contributed by atoms with van der Waals surface area (Å²) in [6.07, 6.45) is 6.76. The van der Waals surface area contributed by atoms with Crippen LogP contribution in [0.4, 0.5) is 0 Å². The number of rotatable bonds is 13.